The Morgan fingerprint density at radius 2 is 1.91 bits per heavy atom. The number of rotatable bonds is 5. The van der Waals surface area contributed by atoms with Crippen LogP contribution in [0.4, 0.5) is 13.2 Å². The number of methoxy groups -OCH3 is 1. The fourth-order valence-electron chi connectivity index (χ4n) is 5.76. The summed E-state index contributed by atoms with van der Waals surface area (Å²) in [5, 5.41) is 12.5. The first-order valence-corrected chi connectivity index (χ1v) is 11.9. The molecule has 2 bridgehead atoms. The number of nitrogens with zero attached hydrogens (tertiary/aromatic N) is 2. The molecule has 2 aromatic carbocycles. The first-order chi connectivity index (χ1) is 16.3. The van der Waals surface area contributed by atoms with Crippen molar-refractivity contribution in [3.63, 3.8) is 0 Å². The number of pyridine rings is 1. The minimum Gasteiger partial charge on any atom is -0.497 e. The molecule has 1 N–H and O–H groups in total. The number of piperidine rings is 3. The van der Waals surface area contributed by atoms with Crippen molar-refractivity contribution in [1.29, 1.82) is 0 Å². The highest BCUT2D eigenvalue weighted by Gasteiger charge is 2.42. The number of ether oxygens (including phenoxy) is 1. The van der Waals surface area contributed by atoms with Crippen molar-refractivity contribution in [3.05, 3.63) is 59.7 Å². The fraction of sp³-hybridized carbons (Fsp3) is 0.444. The van der Waals surface area contributed by atoms with E-state index in [-0.39, 0.29) is 6.04 Å². The summed E-state index contributed by atoms with van der Waals surface area (Å²) in [4.78, 5) is 7.12. The Hall–Kier alpha value is -2.64. The third-order valence-corrected chi connectivity index (χ3v) is 7.70. The predicted molar refractivity (Wildman–Crippen MR) is 126 cm³/mol. The van der Waals surface area contributed by atoms with Gasteiger partial charge in [-0.3, -0.25) is 4.90 Å². The van der Waals surface area contributed by atoms with Crippen molar-refractivity contribution in [2.45, 2.75) is 44.5 Å². The normalized spacial score (nSPS) is 25.5. The number of aliphatic hydroxyl groups excluding tert-OH is 1. The summed E-state index contributed by atoms with van der Waals surface area (Å²) in [5.41, 5.74) is 1.84. The molecule has 0 spiro atoms. The van der Waals surface area contributed by atoms with Crippen LogP contribution in [0.15, 0.2) is 48.5 Å². The van der Waals surface area contributed by atoms with Gasteiger partial charge in [-0.2, -0.15) is 13.2 Å². The zero-order chi connectivity index (χ0) is 24.0. The topological polar surface area (TPSA) is 45.6 Å². The maximum atomic E-state index is 13.0. The van der Waals surface area contributed by atoms with Gasteiger partial charge in [0, 0.05) is 23.5 Å². The molecule has 3 saturated heterocycles. The summed E-state index contributed by atoms with van der Waals surface area (Å²) in [7, 11) is 1.60. The smallest absolute Gasteiger partial charge is 0.416 e. The van der Waals surface area contributed by atoms with Gasteiger partial charge < -0.3 is 9.84 Å². The average molecular weight is 471 g/mol. The second kappa shape index (κ2) is 8.86. The minimum absolute atomic E-state index is 0.0128. The van der Waals surface area contributed by atoms with E-state index in [9.17, 15) is 18.3 Å². The zero-order valence-electron chi connectivity index (χ0n) is 19.3. The lowest BCUT2D eigenvalue weighted by atomic mass is 9.72. The van der Waals surface area contributed by atoms with Crippen molar-refractivity contribution < 1.29 is 23.0 Å². The molecule has 1 aromatic heterocycles. The summed E-state index contributed by atoms with van der Waals surface area (Å²) >= 11 is 0. The summed E-state index contributed by atoms with van der Waals surface area (Å²) in [6.07, 6.45) is -1.85. The Morgan fingerprint density at radius 3 is 2.53 bits per heavy atom. The molecular formula is C27H29F3N2O2. The molecule has 3 aromatic rings. The van der Waals surface area contributed by atoms with Gasteiger partial charge in [-0.25, -0.2) is 4.98 Å². The average Bonchev–Trinajstić information content (AvgIpc) is 2.87. The van der Waals surface area contributed by atoms with Gasteiger partial charge in [-0.1, -0.05) is 25.5 Å². The summed E-state index contributed by atoms with van der Waals surface area (Å²) in [6, 6.07) is 12.4. The maximum Gasteiger partial charge on any atom is 0.416 e. The van der Waals surface area contributed by atoms with Crippen molar-refractivity contribution in [2.75, 3.05) is 20.2 Å². The van der Waals surface area contributed by atoms with Crippen LogP contribution in [-0.4, -0.2) is 41.2 Å². The minimum atomic E-state index is -4.39. The highest BCUT2D eigenvalue weighted by Crippen LogP contribution is 2.43. The SMILES string of the molecule is CC[C@H]1CN2CC[C@@H]1C[C@H]2[C@H](O)c1cc(-c2ccc(C(F)(F)F)cc2)nc2ccc(OC)cc12. The monoisotopic (exact) mass is 470 g/mol. The van der Waals surface area contributed by atoms with Crippen molar-refractivity contribution in [2.24, 2.45) is 11.8 Å². The quantitative estimate of drug-likeness (QED) is 0.491. The Balaban J connectivity index is 1.57. The van der Waals surface area contributed by atoms with Crippen LogP contribution >= 0.6 is 0 Å². The third kappa shape index (κ3) is 4.16. The van der Waals surface area contributed by atoms with Crippen molar-refractivity contribution >= 4 is 10.9 Å². The van der Waals surface area contributed by atoms with Crippen LogP contribution in [-0.2, 0) is 6.18 Å². The standard InChI is InChI=1S/C27H29F3N2O2/c1-3-16-15-32-11-10-18(16)12-25(32)26(33)22-14-24(17-4-6-19(7-5-17)27(28,29)30)31-23-9-8-20(34-2)13-21(22)23/h4-9,13-14,16,18,25-26,33H,3,10-12,15H2,1-2H3/t16-,18+,25-,26+/m0/s1. The van der Waals surface area contributed by atoms with Gasteiger partial charge in [-0.15, -0.1) is 0 Å². The second-order valence-electron chi connectivity index (χ2n) is 9.51. The Bertz CT molecular complexity index is 1180. The molecule has 0 amide bonds. The maximum absolute atomic E-state index is 13.0. The highest BCUT2D eigenvalue weighted by atomic mass is 19.4. The van der Waals surface area contributed by atoms with Crippen LogP contribution < -0.4 is 4.74 Å². The van der Waals surface area contributed by atoms with Crippen LogP contribution in [0.25, 0.3) is 22.2 Å². The van der Waals surface area contributed by atoms with E-state index in [1.807, 2.05) is 18.2 Å². The van der Waals surface area contributed by atoms with E-state index < -0.39 is 17.8 Å². The number of benzene rings is 2. The van der Waals surface area contributed by atoms with Gasteiger partial charge >= 0.3 is 6.18 Å². The van der Waals surface area contributed by atoms with Crippen molar-refractivity contribution in [3.8, 4) is 17.0 Å². The van der Waals surface area contributed by atoms with E-state index in [0.717, 1.165) is 49.0 Å². The van der Waals surface area contributed by atoms with Crippen LogP contribution in [0, 0.1) is 11.8 Å². The molecule has 1 unspecified atom stereocenters. The Morgan fingerprint density at radius 1 is 1.15 bits per heavy atom. The van der Waals surface area contributed by atoms with Crippen LogP contribution in [0.1, 0.15) is 43.4 Å². The molecule has 0 saturated carbocycles. The highest BCUT2D eigenvalue weighted by molar-refractivity contribution is 5.87. The number of fused-ring (bicyclic) bond motifs is 4. The summed E-state index contributed by atoms with van der Waals surface area (Å²) in [5.74, 6) is 1.96. The van der Waals surface area contributed by atoms with E-state index in [1.54, 1.807) is 13.2 Å². The lowest BCUT2D eigenvalue weighted by molar-refractivity contribution is -0.137. The number of alkyl halides is 3. The van der Waals surface area contributed by atoms with Crippen LogP contribution in [0.3, 0.4) is 0 Å². The van der Waals surface area contributed by atoms with Gasteiger partial charge in [0.05, 0.1) is 30.0 Å². The number of aliphatic hydroxyl groups is 1. The number of hydrogen-bond acceptors (Lipinski definition) is 4. The van der Waals surface area contributed by atoms with Crippen molar-refractivity contribution in [1.82, 2.24) is 9.88 Å². The van der Waals surface area contributed by atoms with Gasteiger partial charge in [0.25, 0.3) is 0 Å². The molecule has 7 heteroatoms. The molecule has 3 fully saturated rings. The largest absolute Gasteiger partial charge is 0.497 e. The van der Waals surface area contributed by atoms with Gasteiger partial charge in [0.15, 0.2) is 0 Å². The molecule has 34 heavy (non-hydrogen) atoms. The lowest BCUT2D eigenvalue weighted by Crippen LogP contribution is -2.55. The molecule has 3 aliphatic heterocycles. The number of hydrogen-bond donors (Lipinski definition) is 1. The molecule has 180 valence electrons. The summed E-state index contributed by atoms with van der Waals surface area (Å²) < 4.78 is 44.5. The molecule has 6 rings (SSSR count). The van der Waals surface area contributed by atoms with Crippen LogP contribution in [0.5, 0.6) is 5.75 Å². The first-order valence-electron chi connectivity index (χ1n) is 11.9. The third-order valence-electron chi connectivity index (χ3n) is 7.70. The van der Waals surface area contributed by atoms with E-state index >= 15 is 0 Å². The Labute approximate surface area is 197 Å². The Kier molecular flexibility index (Phi) is 6.02. The molecular weight excluding hydrogens is 441 g/mol. The van der Waals surface area contributed by atoms with E-state index in [1.165, 1.54) is 18.6 Å². The first kappa shape index (κ1) is 23.1. The fourth-order valence-corrected chi connectivity index (χ4v) is 5.76. The summed E-state index contributed by atoms with van der Waals surface area (Å²) in [6.45, 7) is 4.22. The predicted octanol–water partition coefficient (Wildman–Crippen LogP) is 6.08. The number of aromatic nitrogens is 1. The van der Waals surface area contributed by atoms with E-state index in [0.29, 0.717) is 34.4 Å². The van der Waals surface area contributed by atoms with Gasteiger partial charge in [-0.05, 0) is 73.2 Å². The molecule has 4 nitrogen and oxygen atoms in total. The van der Waals surface area contributed by atoms with E-state index in [2.05, 4.69) is 11.8 Å². The van der Waals surface area contributed by atoms with Gasteiger partial charge in [0.1, 0.15) is 5.75 Å². The zero-order valence-corrected chi connectivity index (χ0v) is 19.3. The molecule has 3 aliphatic rings. The molecule has 5 atom stereocenters. The van der Waals surface area contributed by atoms with Gasteiger partial charge in [0.2, 0.25) is 0 Å². The molecule has 4 heterocycles. The molecule has 0 radical (unpaired) electrons. The lowest BCUT2D eigenvalue weighted by Gasteiger charge is -2.51. The van der Waals surface area contributed by atoms with E-state index in [4.69, 9.17) is 9.72 Å². The number of halogens is 3. The molecule has 0 aliphatic carbocycles. The van der Waals surface area contributed by atoms with Crippen LogP contribution in [0.2, 0.25) is 0 Å². The second-order valence-corrected chi connectivity index (χ2v) is 9.51.